The minimum Gasteiger partial charge on any atom is -0.494 e. The van der Waals surface area contributed by atoms with Crippen LogP contribution >= 0.6 is 11.8 Å². The predicted octanol–water partition coefficient (Wildman–Crippen LogP) is 2.12. The molecule has 2 aromatic carbocycles. The highest BCUT2D eigenvalue weighted by Gasteiger charge is 2.16. The number of carbonyl (C=O) groups excluding carboxylic acids is 1. The minimum absolute atomic E-state index is 0.126. The van der Waals surface area contributed by atoms with Gasteiger partial charge in [-0.1, -0.05) is 23.9 Å². The lowest BCUT2D eigenvalue weighted by Crippen LogP contribution is -2.24. The van der Waals surface area contributed by atoms with Crippen molar-refractivity contribution < 1.29 is 19.0 Å². The number of aryl methyl sites for hydroxylation is 1. The molecular weight excluding hydrogens is 394 g/mol. The summed E-state index contributed by atoms with van der Waals surface area (Å²) in [7, 11) is 1.59. The number of methoxy groups -OCH3 is 1. The number of ether oxygens (including phenoxy) is 3. The van der Waals surface area contributed by atoms with Crippen LogP contribution in [-0.4, -0.2) is 45.8 Å². The van der Waals surface area contributed by atoms with Crippen LogP contribution in [0, 0.1) is 6.92 Å². The number of tetrazole rings is 1. The summed E-state index contributed by atoms with van der Waals surface area (Å²) in [6.45, 7) is 2.60. The molecule has 1 amide bonds. The number of nitrogens with one attached hydrogen (secondary N) is 1. The van der Waals surface area contributed by atoms with Gasteiger partial charge in [0, 0.05) is 6.54 Å². The van der Waals surface area contributed by atoms with Crippen LogP contribution in [0.4, 0.5) is 0 Å². The van der Waals surface area contributed by atoms with Crippen molar-refractivity contribution in [2.75, 3.05) is 19.7 Å². The molecule has 2 heterocycles. The molecular formula is C19H19N5O4S. The van der Waals surface area contributed by atoms with Gasteiger partial charge in [-0.3, -0.25) is 4.79 Å². The van der Waals surface area contributed by atoms with Crippen LogP contribution in [-0.2, 0) is 11.3 Å². The van der Waals surface area contributed by atoms with Crippen LogP contribution in [0.15, 0.2) is 41.6 Å². The van der Waals surface area contributed by atoms with E-state index in [-0.39, 0.29) is 18.5 Å². The molecule has 1 aliphatic heterocycles. The lowest BCUT2D eigenvalue weighted by Gasteiger charge is -2.10. The first kappa shape index (κ1) is 19.1. The molecule has 1 aromatic heterocycles. The number of benzene rings is 2. The van der Waals surface area contributed by atoms with Crippen molar-refractivity contribution in [3.8, 4) is 22.9 Å². The predicted molar refractivity (Wildman–Crippen MR) is 106 cm³/mol. The zero-order valence-electron chi connectivity index (χ0n) is 15.9. The normalized spacial score (nSPS) is 12.1. The molecule has 0 aliphatic carbocycles. The second-order valence-electron chi connectivity index (χ2n) is 6.30. The number of carbonyl (C=O) groups is 1. The van der Waals surface area contributed by atoms with E-state index in [4.69, 9.17) is 14.2 Å². The fourth-order valence-electron chi connectivity index (χ4n) is 2.82. The SMILES string of the molecule is COc1ccc(C)cc1-n1nnnc1SCC(=O)NCc1ccc2c(c1)OCO2. The van der Waals surface area contributed by atoms with Gasteiger partial charge in [0.15, 0.2) is 11.5 Å². The van der Waals surface area contributed by atoms with E-state index in [9.17, 15) is 4.79 Å². The maximum atomic E-state index is 12.3. The molecule has 0 fully saturated rings. The molecule has 1 aliphatic rings. The molecule has 0 unspecified atom stereocenters. The monoisotopic (exact) mass is 413 g/mol. The highest BCUT2D eigenvalue weighted by molar-refractivity contribution is 7.99. The largest absolute Gasteiger partial charge is 0.494 e. The molecule has 0 saturated heterocycles. The molecule has 0 radical (unpaired) electrons. The average molecular weight is 413 g/mol. The smallest absolute Gasteiger partial charge is 0.231 e. The van der Waals surface area contributed by atoms with E-state index in [0.717, 1.165) is 16.8 Å². The van der Waals surface area contributed by atoms with Gasteiger partial charge in [0.25, 0.3) is 0 Å². The summed E-state index contributed by atoms with van der Waals surface area (Å²) in [4.78, 5) is 12.3. The zero-order valence-corrected chi connectivity index (χ0v) is 16.7. The van der Waals surface area contributed by atoms with Crippen molar-refractivity contribution in [3.05, 3.63) is 47.5 Å². The van der Waals surface area contributed by atoms with Gasteiger partial charge in [-0.05, 0) is 52.7 Å². The van der Waals surface area contributed by atoms with E-state index in [1.165, 1.54) is 11.8 Å². The Labute approximate surface area is 171 Å². The molecule has 0 atom stereocenters. The lowest BCUT2D eigenvalue weighted by atomic mass is 10.2. The molecule has 1 N–H and O–H groups in total. The van der Waals surface area contributed by atoms with Gasteiger partial charge in [0.2, 0.25) is 17.9 Å². The number of amides is 1. The lowest BCUT2D eigenvalue weighted by molar-refractivity contribution is -0.118. The van der Waals surface area contributed by atoms with Crippen molar-refractivity contribution >= 4 is 17.7 Å². The third kappa shape index (κ3) is 4.27. The third-order valence-electron chi connectivity index (χ3n) is 4.26. The van der Waals surface area contributed by atoms with E-state index < -0.39 is 0 Å². The Hall–Kier alpha value is -3.27. The number of hydrogen-bond donors (Lipinski definition) is 1. The summed E-state index contributed by atoms with van der Waals surface area (Å²) in [6.07, 6.45) is 0. The van der Waals surface area contributed by atoms with E-state index in [1.54, 1.807) is 11.8 Å². The second-order valence-corrected chi connectivity index (χ2v) is 7.24. The maximum Gasteiger partial charge on any atom is 0.231 e. The maximum absolute atomic E-state index is 12.3. The molecule has 10 heteroatoms. The van der Waals surface area contributed by atoms with Crippen molar-refractivity contribution in [2.45, 2.75) is 18.6 Å². The molecule has 150 valence electrons. The van der Waals surface area contributed by atoms with E-state index in [0.29, 0.717) is 28.9 Å². The van der Waals surface area contributed by atoms with Gasteiger partial charge in [-0.25, -0.2) is 0 Å². The van der Waals surface area contributed by atoms with E-state index in [1.807, 2.05) is 43.3 Å². The summed E-state index contributed by atoms with van der Waals surface area (Å²) >= 11 is 1.25. The van der Waals surface area contributed by atoms with Crippen molar-refractivity contribution in [2.24, 2.45) is 0 Å². The number of rotatable bonds is 7. The van der Waals surface area contributed by atoms with Crippen LogP contribution in [0.3, 0.4) is 0 Å². The number of thioether (sulfide) groups is 1. The summed E-state index contributed by atoms with van der Waals surface area (Å²) in [6, 6.07) is 11.3. The third-order valence-corrected chi connectivity index (χ3v) is 5.18. The molecule has 0 spiro atoms. The summed E-state index contributed by atoms with van der Waals surface area (Å²) < 4.78 is 17.6. The first-order valence-electron chi connectivity index (χ1n) is 8.85. The molecule has 3 aromatic rings. The summed E-state index contributed by atoms with van der Waals surface area (Å²) in [5.74, 6) is 2.11. The van der Waals surface area contributed by atoms with Gasteiger partial charge in [-0.2, -0.15) is 4.68 Å². The highest BCUT2D eigenvalue weighted by atomic mass is 32.2. The number of aromatic nitrogens is 4. The number of nitrogens with zero attached hydrogens (tertiary/aromatic N) is 4. The van der Waals surface area contributed by atoms with Gasteiger partial charge >= 0.3 is 0 Å². The molecule has 29 heavy (non-hydrogen) atoms. The molecule has 9 nitrogen and oxygen atoms in total. The van der Waals surface area contributed by atoms with Gasteiger partial charge in [0.05, 0.1) is 12.9 Å². The number of fused-ring (bicyclic) bond motifs is 1. The van der Waals surface area contributed by atoms with Crippen LogP contribution in [0.25, 0.3) is 5.69 Å². The molecule has 0 bridgehead atoms. The topological polar surface area (TPSA) is 100 Å². The Morgan fingerprint density at radius 3 is 2.97 bits per heavy atom. The van der Waals surface area contributed by atoms with Crippen LogP contribution < -0.4 is 19.5 Å². The fraction of sp³-hybridized carbons (Fsp3) is 0.263. The highest BCUT2D eigenvalue weighted by Crippen LogP contribution is 2.32. The Morgan fingerprint density at radius 2 is 2.10 bits per heavy atom. The fourth-order valence-corrected chi connectivity index (χ4v) is 3.53. The van der Waals surface area contributed by atoms with Crippen molar-refractivity contribution in [1.29, 1.82) is 0 Å². The first-order valence-corrected chi connectivity index (χ1v) is 9.84. The van der Waals surface area contributed by atoms with Crippen LogP contribution in [0.5, 0.6) is 17.2 Å². The standard InChI is InChI=1S/C19H19N5O4S/c1-12-3-5-15(26-2)14(7-12)24-19(21-22-23-24)29-10-18(25)20-9-13-4-6-16-17(8-13)28-11-27-16/h3-8H,9-11H2,1-2H3,(H,20,25). The van der Waals surface area contributed by atoms with E-state index in [2.05, 4.69) is 20.8 Å². The Kier molecular flexibility index (Phi) is 5.52. The van der Waals surface area contributed by atoms with Crippen LogP contribution in [0.2, 0.25) is 0 Å². The van der Waals surface area contributed by atoms with Gasteiger partial charge in [0.1, 0.15) is 11.4 Å². The minimum atomic E-state index is -0.126. The number of hydrogen-bond acceptors (Lipinski definition) is 8. The quantitative estimate of drug-likeness (QED) is 0.588. The Balaban J connectivity index is 1.37. The average Bonchev–Trinajstić information content (AvgIpc) is 3.39. The Bertz CT molecular complexity index is 1040. The summed E-state index contributed by atoms with van der Waals surface area (Å²) in [5.41, 5.74) is 2.71. The van der Waals surface area contributed by atoms with E-state index >= 15 is 0 Å². The molecule has 0 saturated carbocycles. The summed E-state index contributed by atoms with van der Waals surface area (Å²) in [5, 5.41) is 15.2. The van der Waals surface area contributed by atoms with Crippen LogP contribution in [0.1, 0.15) is 11.1 Å². The van der Waals surface area contributed by atoms with Gasteiger partial charge in [-0.15, -0.1) is 5.10 Å². The second kappa shape index (κ2) is 8.39. The zero-order chi connectivity index (χ0) is 20.2. The van der Waals surface area contributed by atoms with Gasteiger partial charge < -0.3 is 19.5 Å². The Morgan fingerprint density at radius 1 is 1.24 bits per heavy atom. The molecule has 4 rings (SSSR count). The first-order chi connectivity index (χ1) is 14.1. The van der Waals surface area contributed by atoms with Crippen molar-refractivity contribution in [3.63, 3.8) is 0 Å². The van der Waals surface area contributed by atoms with Crippen molar-refractivity contribution in [1.82, 2.24) is 25.5 Å².